The number of fused-ring (bicyclic) bond motifs is 1. The van der Waals surface area contributed by atoms with E-state index in [4.69, 9.17) is 4.74 Å². The van der Waals surface area contributed by atoms with Crippen molar-refractivity contribution < 1.29 is 9.84 Å². The number of likely N-dealkylation sites (tertiary alicyclic amines) is 1. The van der Waals surface area contributed by atoms with Gasteiger partial charge >= 0.3 is 0 Å². The van der Waals surface area contributed by atoms with Gasteiger partial charge in [-0.2, -0.15) is 0 Å². The Balaban J connectivity index is 1.40. The fourth-order valence-electron chi connectivity index (χ4n) is 4.08. The van der Waals surface area contributed by atoms with E-state index in [0.29, 0.717) is 6.04 Å². The molecule has 2 unspecified atom stereocenters. The van der Waals surface area contributed by atoms with Gasteiger partial charge in [-0.3, -0.25) is 4.90 Å². The topological polar surface area (TPSA) is 32.7 Å². The van der Waals surface area contributed by atoms with Crippen LogP contribution < -0.4 is 4.74 Å². The minimum Gasteiger partial charge on any atom is -0.493 e. The van der Waals surface area contributed by atoms with Crippen LogP contribution in [0.4, 0.5) is 0 Å². The van der Waals surface area contributed by atoms with Gasteiger partial charge in [0.15, 0.2) is 0 Å². The molecule has 21 heavy (non-hydrogen) atoms. The molecule has 1 aromatic carbocycles. The molecule has 0 bridgehead atoms. The maximum atomic E-state index is 10.9. The van der Waals surface area contributed by atoms with Crippen molar-refractivity contribution in [3.05, 3.63) is 29.3 Å². The summed E-state index contributed by atoms with van der Waals surface area (Å²) in [6.45, 7) is 3.95. The van der Waals surface area contributed by atoms with Crippen molar-refractivity contribution in [1.82, 2.24) is 4.90 Å². The largest absolute Gasteiger partial charge is 0.493 e. The summed E-state index contributed by atoms with van der Waals surface area (Å²) in [6.07, 6.45) is 6.45. The Morgan fingerprint density at radius 2 is 2.24 bits per heavy atom. The maximum Gasteiger partial charge on any atom is 0.122 e. The summed E-state index contributed by atoms with van der Waals surface area (Å²) in [5.41, 5.74) is 2.18. The van der Waals surface area contributed by atoms with Gasteiger partial charge in [0.25, 0.3) is 0 Å². The molecule has 2 heterocycles. The van der Waals surface area contributed by atoms with Crippen molar-refractivity contribution >= 4 is 0 Å². The standard InChI is InChI=1S/C18H25NO2/c1-13-11-18(20,12-19(13)16-3-4-16)8-6-14-2-5-17-15(10-14)7-9-21-17/h2,5,10,13,16,20H,3-4,6-9,11-12H2,1H3. The van der Waals surface area contributed by atoms with Crippen molar-refractivity contribution in [3.8, 4) is 5.75 Å². The average molecular weight is 287 g/mol. The number of rotatable bonds is 4. The van der Waals surface area contributed by atoms with E-state index in [9.17, 15) is 5.11 Å². The van der Waals surface area contributed by atoms with E-state index in [0.717, 1.165) is 50.6 Å². The highest BCUT2D eigenvalue weighted by molar-refractivity contribution is 5.39. The van der Waals surface area contributed by atoms with Crippen molar-refractivity contribution in [3.63, 3.8) is 0 Å². The monoisotopic (exact) mass is 287 g/mol. The molecule has 1 aliphatic carbocycles. The Kier molecular flexibility index (Phi) is 3.23. The number of hydrogen-bond acceptors (Lipinski definition) is 3. The summed E-state index contributed by atoms with van der Waals surface area (Å²) >= 11 is 0. The first-order valence-electron chi connectivity index (χ1n) is 8.36. The van der Waals surface area contributed by atoms with Crippen molar-refractivity contribution in [1.29, 1.82) is 0 Å². The molecule has 0 spiro atoms. The Bertz CT molecular complexity index is 540. The molecule has 1 aromatic rings. The van der Waals surface area contributed by atoms with E-state index in [2.05, 4.69) is 30.0 Å². The van der Waals surface area contributed by atoms with Crippen LogP contribution in [0.1, 0.15) is 43.7 Å². The van der Waals surface area contributed by atoms with Gasteiger partial charge in [-0.15, -0.1) is 0 Å². The SMILES string of the molecule is CC1CC(O)(CCc2ccc3c(c2)CCO3)CN1C1CC1. The summed E-state index contributed by atoms with van der Waals surface area (Å²) in [4.78, 5) is 2.52. The van der Waals surface area contributed by atoms with E-state index < -0.39 is 5.60 Å². The van der Waals surface area contributed by atoms with Crippen LogP contribution in [0.15, 0.2) is 18.2 Å². The fraction of sp³-hybridized carbons (Fsp3) is 0.667. The van der Waals surface area contributed by atoms with Gasteiger partial charge in [-0.1, -0.05) is 12.1 Å². The second kappa shape index (κ2) is 4.99. The lowest BCUT2D eigenvalue weighted by atomic mass is 9.92. The third-order valence-corrected chi connectivity index (χ3v) is 5.37. The van der Waals surface area contributed by atoms with Gasteiger partial charge < -0.3 is 9.84 Å². The van der Waals surface area contributed by atoms with Crippen molar-refractivity contribution in [2.75, 3.05) is 13.2 Å². The quantitative estimate of drug-likeness (QED) is 0.924. The molecule has 3 heteroatoms. The molecule has 1 saturated heterocycles. The smallest absolute Gasteiger partial charge is 0.122 e. The lowest BCUT2D eigenvalue weighted by molar-refractivity contribution is 0.0400. The summed E-state index contributed by atoms with van der Waals surface area (Å²) in [7, 11) is 0. The Hall–Kier alpha value is -1.06. The second-order valence-corrected chi connectivity index (χ2v) is 7.22. The lowest BCUT2D eigenvalue weighted by Crippen LogP contribution is -2.35. The Labute approximate surface area is 126 Å². The van der Waals surface area contributed by atoms with Gasteiger partial charge in [-0.25, -0.2) is 0 Å². The van der Waals surface area contributed by atoms with Crippen LogP contribution in [0, 0.1) is 0 Å². The molecule has 1 N–H and O–H groups in total. The predicted octanol–water partition coefficient (Wildman–Crippen LogP) is 2.54. The van der Waals surface area contributed by atoms with Crippen LogP contribution in [-0.2, 0) is 12.8 Å². The minimum absolute atomic E-state index is 0.489. The zero-order valence-corrected chi connectivity index (χ0v) is 12.8. The number of aliphatic hydroxyl groups is 1. The molecule has 114 valence electrons. The molecule has 0 amide bonds. The zero-order valence-electron chi connectivity index (χ0n) is 12.8. The normalized spacial score (nSPS) is 32.2. The molecule has 2 fully saturated rings. The van der Waals surface area contributed by atoms with E-state index in [1.165, 1.54) is 24.0 Å². The van der Waals surface area contributed by atoms with E-state index in [1.54, 1.807) is 0 Å². The molecule has 1 saturated carbocycles. The second-order valence-electron chi connectivity index (χ2n) is 7.22. The van der Waals surface area contributed by atoms with Gasteiger partial charge in [0.1, 0.15) is 5.75 Å². The van der Waals surface area contributed by atoms with Crippen LogP contribution in [0.5, 0.6) is 5.75 Å². The number of β-amino-alcohol motifs (C(OH)–C–C–N with tert-alkyl or cyclic N) is 1. The van der Waals surface area contributed by atoms with Crippen molar-refractivity contribution in [2.45, 2.75) is 63.1 Å². The Morgan fingerprint density at radius 3 is 3.05 bits per heavy atom. The molecular weight excluding hydrogens is 262 g/mol. The average Bonchev–Trinajstić information content (AvgIpc) is 3.11. The van der Waals surface area contributed by atoms with Crippen molar-refractivity contribution in [2.24, 2.45) is 0 Å². The minimum atomic E-state index is -0.489. The maximum absolute atomic E-state index is 10.9. The van der Waals surface area contributed by atoms with Gasteiger partial charge in [-0.05, 0) is 56.2 Å². The van der Waals surface area contributed by atoms with Crippen LogP contribution >= 0.6 is 0 Å². The zero-order chi connectivity index (χ0) is 14.4. The molecular formula is C18H25NO2. The molecule has 3 nitrogen and oxygen atoms in total. The van der Waals surface area contributed by atoms with E-state index >= 15 is 0 Å². The number of benzene rings is 1. The van der Waals surface area contributed by atoms with Gasteiger partial charge in [0.2, 0.25) is 0 Å². The van der Waals surface area contributed by atoms with Gasteiger partial charge in [0, 0.05) is 25.0 Å². The van der Waals surface area contributed by atoms with Crippen LogP contribution in [0.25, 0.3) is 0 Å². The number of nitrogens with zero attached hydrogens (tertiary/aromatic N) is 1. The Morgan fingerprint density at radius 1 is 1.38 bits per heavy atom. The summed E-state index contributed by atoms with van der Waals surface area (Å²) in [6, 6.07) is 7.81. The highest BCUT2D eigenvalue weighted by Crippen LogP contribution is 2.39. The summed E-state index contributed by atoms with van der Waals surface area (Å²) in [5.74, 6) is 1.05. The highest BCUT2D eigenvalue weighted by atomic mass is 16.5. The first-order chi connectivity index (χ1) is 10.1. The molecule has 2 aliphatic heterocycles. The first-order valence-corrected chi connectivity index (χ1v) is 8.36. The first kappa shape index (κ1) is 13.6. The lowest BCUT2D eigenvalue weighted by Gasteiger charge is -2.23. The molecule has 0 aromatic heterocycles. The van der Waals surface area contributed by atoms with E-state index in [1.807, 2.05) is 0 Å². The molecule has 0 radical (unpaired) electrons. The van der Waals surface area contributed by atoms with Gasteiger partial charge in [0.05, 0.1) is 12.2 Å². The fourth-order valence-corrected chi connectivity index (χ4v) is 4.08. The predicted molar refractivity (Wildman–Crippen MR) is 82.7 cm³/mol. The van der Waals surface area contributed by atoms with Crippen LogP contribution in [-0.4, -0.2) is 40.8 Å². The molecule has 4 rings (SSSR count). The van der Waals surface area contributed by atoms with Crippen LogP contribution in [0.3, 0.4) is 0 Å². The number of ether oxygens (including phenoxy) is 1. The third kappa shape index (κ3) is 2.69. The number of aryl methyl sites for hydroxylation is 1. The van der Waals surface area contributed by atoms with E-state index in [-0.39, 0.29) is 0 Å². The van der Waals surface area contributed by atoms with Crippen LogP contribution in [0.2, 0.25) is 0 Å². The number of hydrogen-bond donors (Lipinski definition) is 1. The molecule has 3 aliphatic rings. The third-order valence-electron chi connectivity index (χ3n) is 5.37. The summed E-state index contributed by atoms with van der Waals surface area (Å²) in [5, 5.41) is 10.9. The summed E-state index contributed by atoms with van der Waals surface area (Å²) < 4.78 is 5.56. The molecule has 2 atom stereocenters. The highest BCUT2D eigenvalue weighted by Gasteiger charge is 2.45.